The minimum Gasteiger partial charge on any atom is -0.501 e. The van der Waals surface area contributed by atoms with Crippen LogP contribution in [0.15, 0.2) is 34.8 Å². The van der Waals surface area contributed by atoms with Gasteiger partial charge in [-0.25, -0.2) is 4.79 Å². The van der Waals surface area contributed by atoms with E-state index in [0.29, 0.717) is 70.0 Å². The molecule has 0 aromatic carbocycles. The van der Waals surface area contributed by atoms with Crippen molar-refractivity contribution in [2.24, 2.45) is 34.0 Å². The van der Waals surface area contributed by atoms with Gasteiger partial charge < -0.3 is 44.3 Å². The normalized spacial score (nSPS) is 46.2. The van der Waals surface area contributed by atoms with Gasteiger partial charge in [-0.1, -0.05) is 38.8 Å². The van der Waals surface area contributed by atoms with Crippen LogP contribution in [-0.4, -0.2) is 145 Å². The first kappa shape index (κ1) is 41.4. The van der Waals surface area contributed by atoms with E-state index >= 15 is 4.79 Å². The highest BCUT2D eigenvalue weighted by Crippen LogP contribution is 2.71. The number of carbonyl (C=O) groups is 3. The molecule has 2 bridgehead atoms. The maximum atomic E-state index is 15.4. The van der Waals surface area contributed by atoms with E-state index in [1.807, 2.05) is 7.05 Å². The summed E-state index contributed by atoms with van der Waals surface area (Å²) in [5.41, 5.74) is -2.86. The minimum atomic E-state index is -2.23. The minimum absolute atomic E-state index is 0.0240. The maximum Gasteiger partial charge on any atom is 0.344 e. The van der Waals surface area contributed by atoms with Gasteiger partial charge in [-0.2, -0.15) is 0 Å². The molecule has 0 aromatic heterocycles. The zero-order valence-electron chi connectivity index (χ0n) is 36.4. The van der Waals surface area contributed by atoms with Crippen LogP contribution in [0.2, 0.25) is 0 Å². The fourth-order valence-electron chi connectivity index (χ4n) is 15.7. The van der Waals surface area contributed by atoms with Crippen molar-refractivity contribution in [3.8, 4) is 0 Å². The molecular formula is C46H68N4O9. The van der Waals surface area contributed by atoms with E-state index in [0.717, 1.165) is 61.5 Å². The van der Waals surface area contributed by atoms with Crippen LogP contribution in [0.4, 0.5) is 0 Å². The summed E-state index contributed by atoms with van der Waals surface area (Å²) in [7, 11) is 6.46. The summed E-state index contributed by atoms with van der Waals surface area (Å²) >= 11 is 0. The number of esters is 3. The SMILES string of the molecule is CC[C@]1(O)CC2CN(CCC3C4CCCCC4NC3[C@@](C(=O)OC)(C3=C(OC)CC4=C(C3)[C@@]35CCN6CC=C[C@@](CC)([C@@H](OC(C)=O)[C@](O)(C(=O)OC)[C@@H]3N4C)[C@H]65)C2)C1. The number of hydrogen-bond acceptors (Lipinski definition) is 13. The van der Waals surface area contributed by atoms with Crippen molar-refractivity contribution in [3.05, 3.63) is 34.8 Å². The van der Waals surface area contributed by atoms with E-state index in [2.05, 4.69) is 46.0 Å². The summed E-state index contributed by atoms with van der Waals surface area (Å²) in [5, 5.41) is 29.6. The number of fused-ring (bicyclic) bond motifs is 5. The lowest BCUT2D eigenvalue weighted by Gasteiger charge is -2.64. The predicted octanol–water partition coefficient (Wildman–Crippen LogP) is 3.69. The number of piperidine rings is 1. The Morgan fingerprint density at radius 3 is 2.37 bits per heavy atom. The molecule has 13 heteroatoms. The third-order valence-electron chi connectivity index (χ3n) is 17.7. The summed E-state index contributed by atoms with van der Waals surface area (Å²) in [5.74, 6) is -0.251. The number of hydrogen-bond donors (Lipinski definition) is 3. The number of nitrogens with one attached hydrogen (secondary N) is 1. The van der Waals surface area contributed by atoms with Crippen LogP contribution in [0.3, 0.4) is 0 Å². The molecule has 0 radical (unpaired) electrons. The second-order valence-corrected chi connectivity index (χ2v) is 20.0. The monoisotopic (exact) mass is 820 g/mol. The van der Waals surface area contributed by atoms with E-state index in [1.54, 1.807) is 7.11 Å². The lowest BCUT2D eigenvalue weighted by molar-refractivity contribution is -0.245. The van der Waals surface area contributed by atoms with Gasteiger partial charge in [0.25, 0.3) is 0 Å². The topological polar surface area (TPSA) is 150 Å². The van der Waals surface area contributed by atoms with E-state index < -0.39 is 51.5 Å². The molecule has 6 aliphatic heterocycles. The van der Waals surface area contributed by atoms with Crippen LogP contribution < -0.4 is 5.32 Å². The molecule has 6 heterocycles. The molecule has 6 fully saturated rings. The molecule has 14 atom stereocenters. The first-order valence-corrected chi connectivity index (χ1v) is 22.6. The van der Waals surface area contributed by atoms with Crippen LogP contribution in [0.1, 0.15) is 97.8 Å². The Labute approximate surface area is 349 Å². The van der Waals surface area contributed by atoms with Gasteiger partial charge in [0.2, 0.25) is 5.60 Å². The molecule has 0 aromatic rings. The van der Waals surface area contributed by atoms with Crippen molar-refractivity contribution in [3.63, 3.8) is 0 Å². The number of ether oxygens (including phenoxy) is 4. The molecule has 0 amide bonds. The van der Waals surface area contributed by atoms with Crippen LogP contribution in [0.25, 0.3) is 0 Å². The third kappa shape index (κ3) is 5.55. The highest BCUT2D eigenvalue weighted by Gasteiger charge is 2.81. The molecule has 9 aliphatic rings. The largest absolute Gasteiger partial charge is 0.501 e. The Morgan fingerprint density at radius 2 is 1.68 bits per heavy atom. The third-order valence-corrected chi connectivity index (χ3v) is 17.7. The van der Waals surface area contributed by atoms with Crippen molar-refractivity contribution < 1.29 is 43.5 Å². The molecular weight excluding hydrogens is 753 g/mol. The Kier molecular flexibility index (Phi) is 10.2. The van der Waals surface area contributed by atoms with E-state index in [-0.39, 0.29) is 29.9 Å². The lowest BCUT2D eigenvalue weighted by atomic mass is 9.46. The Morgan fingerprint density at radius 1 is 0.915 bits per heavy atom. The zero-order valence-corrected chi connectivity index (χ0v) is 36.4. The number of methoxy groups -OCH3 is 3. The average Bonchev–Trinajstić information content (AvgIpc) is 3.90. The molecule has 6 unspecified atom stereocenters. The second-order valence-electron chi connectivity index (χ2n) is 20.0. The van der Waals surface area contributed by atoms with Crippen LogP contribution in [-0.2, 0) is 33.3 Å². The molecule has 3 aliphatic carbocycles. The highest BCUT2D eigenvalue weighted by molar-refractivity contribution is 5.85. The van der Waals surface area contributed by atoms with Gasteiger partial charge in [0.1, 0.15) is 11.2 Å². The molecule has 13 nitrogen and oxygen atoms in total. The van der Waals surface area contributed by atoms with E-state index in [4.69, 9.17) is 18.9 Å². The number of aliphatic hydroxyl groups is 2. The molecule has 2 saturated carbocycles. The van der Waals surface area contributed by atoms with Gasteiger partial charge >= 0.3 is 17.9 Å². The molecule has 3 N–H and O–H groups in total. The average molecular weight is 821 g/mol. The summed E-state index contributed by atoms with van der Waals surface area (Å²) in [6, 6.07) is -0.931. The van der Waals surface area contributed by atoms with Crippen molar-refractivity contribution in [1.29, 1.82) is 0 Å². The van der Waals surface area contributed by atoms with Gasteiger partial charge in [0.05, 0.1) is 33.0 Å². The van der Waals surface area contributed by atoms with Gasteiger partial charge in [-0.15, -0.1) is 0 Å². The Hall–Kier alpha value is -2.97. The van der Waals surface area contributed by atoms with Gasteiger partial charge in [-0.3, -0.25) is 14.5 Å². The van der Waals surface area contributed by atoms with Gasteiger partial charge in [0.15, 0.2) is 6.10 Å². The standard InChI is InChI=1S/C46H68N4O9/c1-8-42(54)23-28-24-45(40(52)57-6,36-30(15-19-49(25-28)26-42)29-13-10-11-14-33(29)47-36)32-21-31-34(22-35(32)56-5)48(4)38-44(31)17-20-50-18-12-16-43(9-2,37(44)50)39(59-27(3)51)46(38,55)41(53)58-7/h12,16,28-30,33,36-39,47,54-55H,8-11,13-15,17-26H2,1-7H3/t28?,29?,30?,33?,36?,37-,38+,39+,42-,43+,44+,45-,46-/m0/s1. The second kappa shape index (κ2) is 14.6. The van der Waals surface area contributed by atoms with Crippen molar-refractivity contribution >= 4 is 17.9 Å². The Bertz CT molecular complexity index is 1850. The molecule has 59 heavy (non-hydrogen) atoms. The summed E-state index contributed by atoms with van der Waals surface area (Å²) in [6.07, 6.45) is 12.2. The quantitative estimate of drug-likeness (QED) is 0.195. The first-order valence-electron chi connectivity index (χ1n) is 22.6. The smallest absolute Gasteiger partial charge is 0.344 e. The summed E-state index contributed by atoms with van der Waals surface area (Å²) in [6.45, 7) is 9.21. The first-order chi connectivity index (χ1) is 28.2. The number of carbonyl (C=O) groups excluding carboxylic acids is 3. The summed E-state index contributed by atoms with van der Waals surface area (Å²) in [4.78, 5) is 49.9. The van der Waals surface area contributed by atoms with Gasteiger partial charge in [0, 0.05) is 74.7 Å². The van der Waals surface area contributed by atoms with Crippen molar-refractivity contribution in [2.75, 3.05) is 61.1 Å². The maximum absolute atomic E-state index is 15.4. The van der Waals surface area contributed by atoms with E-state index in [9.17, 15) is 19.8 Å². The molecule has 1 spiro atoms. The fourth-order valence-corrected chi connectivity index (χ4v) is 15.7. The van der Waals surface area contributed by atoms with Crippen LogP contribution >= 0.6 is 0 Å². The van der Waals surface area contributed by atoms with Crippen molar-refractivity contribution in [2.45, 2.75) is 139 Å². The highest BCUT2D eigenvalue weighted by atomic mass is 16.6. The van der Waals surface area contributed by atoms with Crippen molar-refractivity contribution in [1.82, 2.24) is 20.0 Å². The number of rotatable bonds is 7. The van der Waals surface area contributed by atoms with E-state index in [1.165, 1.54) is 34.0 Å². The van der Waals surface area contributed by atoms with Crippen LogP contribution in [0.5, 0.6) is 0 Å². The Balaban J connectivity index is 1.25. The zero-order chi connectivity index (χ0) is 41.9. The predicted molar refractivity (Wildman–Crippen MR) is 218 cm³/mol. The molecule has 9 rings (SSSR count). The van der Waals surface area contributed by atoms with Crippen LogP contribution in [0, 0.1) is 34.0 Å². The summed E-state index contributed by atoms with van der Waals surface area (Å²) < 4.78 is 24.3. The lowest BCUT2D eigenvalue weighted by Crippen LogP contribution is -2.80. The molecule has 326 valence electrons. The number of nitrogens with zero attached hydrogens (tertiary/aromatic N) is 3. The fraction of sp³-hybridized carbons (Fsp3) is 0.804. The van der Waals surface area contributed by atoms with Gasteiger partial charge in [-0.05, 0) is 99.8 Å². The molecule has 4 saturated heterocycles. The number of likely N-dealkylation sites (N-methyl/N-ethyl adjacent to an activating group) is 1.